The van der Waals surface area contributed by atoms with Crippen LogP contribution in [0.15, 0.2) is 54.6 Å². The summed E-state index contributed by atoms with van der Waals surface area (Å²) in [4.78, 5) is 22.4. The van der Waals surface area contributed by atoms with Crippen molar-refractivity contribution in [2.45, 2.75) is 6.54 Å². The second-order valence-electron chi connectivity index (χ2n) is 4.50. The zero-order valence-electron chi connectivity index (χ0n) is 11.4. The third kappa shape index (κ3) is 4.65. The van der Waals surface area contributed by atoms with E-state index in [9.17, 15) is 9.59 Å². The Kier molecular flexibility index (Phi) is 4.93. The van der Waals surface area contributed by atoms with Crippen LogP contribution in [0.3, 0.4) is 0 Å². The van der Waals surface area contributed by atoms with Crippen LogP contribution in [0.2, 0.25) is 0 Å². The molecule has 0 fully saturated rings. The summed E-state index contributed by atoms with van der Waals surface area (Å²) in [5.74, 6) is -1.08. The first-order chi connectivity index (χ1) is 10.1. The van der Waals surface area contributed by atoms with Gasteiger partial charge in [0.25, 0.3) is 0 Å². The molecule has 2 rings (SSSR count). The highest BCUT2D eigenvalue weighted by Crippen LogP contribution is 2.05. The number of carbonyl (C=O) groups excluding carboxylic acids is 1. The third-order valence-electron chi connectivity index (χ3n) is 2.92. The van der Waals surface area contributed by atoms with Gasteiger partial charge in [-0.3, -0.25) is 4.79 Å². The van der Waals surface area contributed by atoms with Gasteiger partial charge >= 0.3 is 5.97 Å². The molecular weight excluding hydrogens is 268 g/mol. The first-order valence-corrected chi connectivity index (χ1v) is 6.53. The highest BCUT2D eigenvalue weighted by atomic mass is 16.4. The van der Waals surface area contributed by atoms with Crippen LogP contribution in [0.4, 0.5) is 5.69 Å². The number of rotatable bonds is 6. The maximum absolute atomic E-state index is 11.7. The second-order valence-corrected chi connectivity index (χ2v) is 4.50. The van der Waals surface area contributed by atoms with Gasteiger partial charge in [0.2, 0.25) is 5.91 Å². The maximum atomic E-state index is 11.7. The molecule has 0 atom stereocenters. The van der Waals surface area contributed by atoms with Gasteiger partial charge in [0.15, 0.2) is 0 Å². The normalized spacial score (nSPS) is 9.90. The van der Waals surface area contributed by atoms with Crippen molar-refractivity contribution in [3.8, 4) is 0 Å². The smallest absolute Gasteiger partial charge is 0.335 e. The molecule has 0 saturated carbocycles. The molecule has 21 heavy (non-hydrogen) atoms. The summed E-state index contributed by atoms with van der Waals surface area (Å²) >= 11 is 0. The van der Waals surface area contributed by atoms with E-state index < -0.39 is 5.97 Å². The van der Waals surface area contributed by atoms with Gasteiger partial charge in [0.1, 0.15) is 0 Å². The van der Waals surface area contributed by atoms with Gasteiger partial charge in [-0.15, -0.1) is 0 Å². The van der Waals surface area contributed by atoms with E-state index in [0.29, 0.717) is 6.54 Å². The number of carboxylic acids is 1. The van der Waals surface area contributed by atoms with Crippen LogP contribution >= 0.6 is 0 Å². The zero-order valence-corrected chi connectivity index (χ0v) is 11.4. The summed E-state index contributed by atoms with van der Waals surface area (Å²) in [6.07, 6.45) is 0. The molecule has 3 N–H and O–H groups in total. The molecular formula is C16H16N2O3. The van der Waals surface area contributed by atoms with Gasteiger partial charge in [-0.05, 0) is 29.8 Å². The maximum Gasteiger partial charge on any atom is 0.335 e. The quantitative estimate of drug-likeness (QED) is 0.759. The van der Waals surface area contributed by atoms with Crippen molar-refractivity contribution in [1.82, 2.24) is 5.32 Å². The first kappa shape index (κ1) is 14.6. The first-order valence-electron chi connectivity index (χ1n) is 6.53. The van der Waals surface area contributed by atoms with Crippen LogP contribution in [0.1, 0.15) is 15.9 Å². The van der Waals surface area contributed by atoms with E-state index in [1.807, 2.05) is 30.3 Å². The van der Waals surface area contributed by atoms with Crippen molar-refractivity contribution in [1.29, 1.82) is 0 Å². The van der Waals surface area contributed by atoms with Gasteiger partial charge in [-0.1, -0.05) is 30.3 Å². The Morgan fingerprint density at radius 3 is 2.24 bits per heavy atom. The summed E-state index contributed by atoms with van der Waals surface area (Å²) in [5, 5.41) is 14.6. The summed E-state index contributed by atoms with van der Waals surface area (Å²) in [7, 11) is 0. The average Bonchev–Trinajstić information content (AvgIpc) is 2.52. The number of para-hydroxylation sites is 1. The summed E-state index contributed by atoms with van der Waals surface area (Å²) in [6, 6.07) is 15.9. The number of amides is 1. The fourth-order valence-electron chi connectivity index (χ4n) is 1.77. The van der Waals surface area contributed by atoms with E-state index in [-0.39, 0.29) is 18.0 Å². The number of hydrogen-bond donors (Lipinski definition) is 3. The van der Waals surface area contributed by atoms with Crippen LogP contribution in [-0.2, 0) is 11.3 Å². The number of anilines is 1. The number of benzene rings is 2. The van der Waals surface area contributed by atoms with Crippen molar-refractivity contribution in [2.24, 2.45) is 0 Å². The van der Waals surface area contributed by atoms with E-state index in [0.717, 1.165) is 11.3 Å². The number of carbonyl (C=O) groups is 2. The predicted molar refractivity (Wildman–Crippen MR) is 80.2 cm³/mol. The molecule has 0 unspecified atom stereocenters. The fraction of sp³-hybridized carbons (Fsp3) is 0.125. The molecule has 0 aliphatic carbocycles. The molecule has 0 spiro atoms. The minimum absolute atomic E-state index is 0.124. The average molecular weight is 284 g/mol. The molecule has 2 aromatic carbocycles. The van der Waals surface area contributed by atoms with Crippen LogP contribution in [-0.4, -0.2) is 23.5 Å². The zero-order chi connectivity index (χ0) is 15.1. The standard InChI is InChI=1S/C16H16N2O3/c19-15(11-17-14-4-2-1-3-5-14)18-10-12-6-8-13(9-7-12)16(20)21/h1-9,17H,10-11H2,(H,18,19)(H,20,21). The SMILES string of the molecule is O=C(CNc1ccccc1)NCc1ccc(C(=O)O)cc1. The molecule has 2 aromatic rings. The van der Waals surface area contributed by atoms with Gasteiger partial charge < -0.3 is 15.7 Å². The van der Waals surface area contributed by atoms with Crippen LogP contribution in [0, 0.1) is 0 Å². The monoisotopic (exact) mass is 284 g/mol. The Morgan fingerprint density at radius 2 is 1.62 bits per heavy atom. The highest BCUT2D eigenvalue weighted by Gasteiger charge is 2.03. The van der Waals surface area contributed by atoms with E-state index in [2.05, 4.69) is 10.6 Å². The van der Waals surface area contributed by atoms with E-state index in [1.54, 1.807) is 12.1 Å². The molecule has 0 aromatic heterocycles. The molecule has 5 nitrogen and oxygen atoms in total. The molecule has 108 valence electrons. The molecule has 1 amide bonds. The Morgan fingerprint density at radius 1 is 0.952 bits per heavy atom. The Bertz CT molecular complexity index is 609. The topological polar surface area (TPSA) is 78.4 Å². The molecule has 5 heteroatoms. The number of aromatic carboxylic acids is 1. The van der Waals surface area contributed by atoms with Crippen molar-refractivity contribution in [3.05, 3.63) is 65.7 Å². The third-order valence-corrected chi connectivity index (χ3v) is 2.92. The Balaban J connectivity index is 1.77. The molecule has 0 heterocycles. The number of carboxylic acid groups (broad SMARTS) is 1. The van der Waals surface area contributed by atoms with Crippen molar-refractivity contribution >= 4 is 17.6 Å². The van der Waals surface area contributed by atoms with Gasteiger partial charge in [-0.25, -0.2) is 4.79 Å². The lowest BCUT2D eigenvalue weighted by Gasteiger charge is -2.08. The number of nitrogens with one attached hydrogen (secondary N) is 2. The van der Waals surface area contributed by atoms with E-state index >= 15 is 0 Å². The molecule has 0 aliphatic rings. The lowest BCUT2D eigenvalue weighted by molar-refractivity contribution is -0.119. The lowest BCUT2D eigenvalue weighted by atomic mass is 10.1. The van der Waals surface area contributed by atoms with Crippen LogP contribution in [0.5, 0.6) is 0 Å². The Hall–Kier alpha value is -2.82. The lowest BCUT2D eigenvalue weighted by Crippen LogP contribution is -2.29. The number of hydrogen-bond acceptors (Lipinski definition) is 3. The van der Waals surface area contributed by atoms with Crippen molar-refractivity contribution in [3.63, 3.8) is 0 Å². The van der Waals surface area contributed by atoms with Crippen LogP contribution in [0.25, 0.3) is 0 Å². The van der Waals surface area contributed by atoms with Crippen molar-refractivity contribution < 1.29 is 14.7 Å². The van der Waals surface area contributed by atoms with Gasteiger partial charge in [0, 0.05) is 12.2 Å². The predicted octanol–water partition coefficient (Wildman–Crippen LogP) is 2.11. The molecule has 0 bridgehead atoms. The Labute approximate surface area is 122 Å². The van der Waals surface area contributed by atoms with Gasteiger partial charge in [-0.2, -0.15) is 0 Å². The minimum atomic E-state index is -0.961. The largest absolute Gasteiger partial charge is 0.478 e. The van der Waals surface area contributed by atoms with E-state index in [4.69, 9.17) is 5.11 Å². The second kappa shape index (κ2) is 7.09. The summed E-state index contributed by atoms with van der Waals surface area (Å²) in [6.45, 7) is 0.562. The van der Waals surface area contributed by atoms with Crippen LogP contribution < -0.4 is 10.6 Å². The summed E-state index contributed by atoms with van der Waals surface area (Å²) in [5.41, 5.74) is 1.97. The highest BCUT2D eigenvalue weighted by molar-refractivity contribution is 5.87. The molecule has 0 saturated heterocycles. The van der Waals surface area contributed by atoms with Gasteiger partial charge in [0.05, 0.1) is 12.1 Å². The molecule has 0 radical (unpaired) electrons. The van der Waals surface area contributed by atoms with Crippen molar-refractivity contribution in [2.75, 3.05) is 11.9 Å². The molecule has 0 aliphatic heterocycles. The van der Waals surface area contributed by atoms with E-state index in [1.165, 1.54) is 12.1 Å². The minimum Gasteiger partial charge on any atom is -0.478 e. The fourth-order valence-corrected chi connectivity index (χ4v) is 1.77. The summed E-state index contributed by atoms with van der Waals surface area (Å²) < 4.78 is 0.